The van der Waals surface area contributed by atoms with Crippen LogP contribution in [-0.4, -0.2) is 15.8 Å². The van der Waals surface area contributed by atoms with Crippen LogP contribution in [0.5, 0.6) is 0 Å². The topological polar surface area (TPSA) is 84.5 Å². The molecule has 4 aromatic rings. The number of rotatable bonds is 4. The SMILES string of the molecule is Cn1cc(Br)c2oc(-c3ccc(C4(NC(=O)O)CCC4)cc3)c(-c3ccccc3)c2c1=O. The van der Waals surface area contributed by atoms with E-state index in [0.29, 0.717) is 21.2 Å². The second-order valence-electron chi connectivity index (χ2n) is 8.21. The number of halogens is 1. The highest BCUT2D eigenvalue weighted by Crippen LogP contribution is 2.44. The van der Waals surface area contributed by atoms with Gasteiger partial charge in [0.2, 0.25) is 0 Å². The van der Waals surface area contributed by atoms with Crippen LogP contribution < -0.4 is 10.9 Å². The fourth-order valence-corrected chi connectivity index (χ4v) is 5.10. The molecule has 0 unspecified atom stereocenters. The summed E-state index contributed by atoms with van der Waals surface area (Å²) in [7, 11) is 1.72. The lowest BCUT2D eigenvalue weighted by Crippen LogP contribution is -2.50. The zero-order valence-corrected chi connectivity index (χ0v) is 19.0. The zero-order chi connectivity index (χ0) is 22.5. The van der Waals surface area contributed by atoms with Gasteiger partial charge in [-0.1, -0.05) is 54.6 Å². The minimum atomic E-state index is -1.02. The Morgan fingerprint density at radius 1 is 1.09 bits per heavy atom. The Labute approximate surface area is 192 Å². The van der Waals surface area contributed by atoms with Gasteiger partial charge in [0, 0.05) is 24.4 Å². The minimum absolute atomic E-state index is 0.132. The molecule has 1 fully saturated rings. The molecule has 0 spiro atoms. The van der Waals surface area contributed by atoms with Crippen molar-refractivity contribution in [2.45, 2.75) is 24.8 Å². The molecule has 2 N–H and O–H groups in total. The fourth-order valence-electron chi connectivity index (χ4n) is 4.51. The number of hydrogen-bond donors (Lipinski definition) is 2. The van der Waals surface area contributed by atoms with Gasteiger partial charge in [-0.25, -0.2) is 4.79 Å². The summed E-state index contributed by atoms with van der Waals surface area (Å²) in [6, 6.07) is 17.5. The molecule has 1 saturated carbocycles. The van der Waals surface area contributed by atoms with Crippen LogP contribution in [0, 0.1) is 0 Å². The first-order valence-electron chi connectivity index (χ1n) is 10.4. The maximum atomic E-state index is 13.1. The lowest BCUT2D eigenvalue weighted by molar-refractivity contribution is 0.144. The van der Waals surface area contributed by atoms with Crippen molar-refractivity contribution in [2.24, 2.45) is 7.05 Å². The number of carbonyl (C=O) groups is 1. The van der Waals surface area contributed by atoms with Gasteiger partial charge in [-0.15, -0.1) is 0 Å². The Bertz CT molecular complexity index is 1380. The Hall–Kier alpha value is -3.32. The van der Waals surface area contributed by atoms with Crippen molar-refractivity contribution in [2.75, 3.05) is 0 Å². The Kier molecular flexibility index (Phi) is 4.93. The predicted molar refractivity (Wildman–Crippen MR) is 127 cm³/mol. The molecule has 7 heteroatoms. The van der Waals surface area contributed by atoms with E-state index < -0.39 is 11.6 Å². The normalized spacial score (nSPS) is 14.8. The van der Waals surface area contributed by atoms with E-state index in [0.717, 1.165) is 41.5 Å². The van der Waals surface area contributed by atoms with Crippen LogP contribution in [0.1, 0.15) is 24.8 Å². The molecule has 2 aromatic carbocycles. The van der Waals surface area contributed by atoms with E-state index >= 15 is 0 Å². The molecule has 1 aliphatic rings. The van der Waals surface area contributed by atoms with Gasteiger partial charge in [-0.3, -0.25) is 4.79 Å². The molecule has 0 atom stereocenters. The highest BCUT2D eigenvalue weighted by Gasteiger charge is 2.40. The second kappa shape index (κ2) is 7.67. The van der Waals surface area contributed by atoms with Crippen LogP contribution in [0.2, 0.25) is 0 Å². The van der Waals surface area contributed by atoms with Gasteiger partial charge in [-0.05, 0) is 46.3 Å². The van der Waals surface area contributed by atoms with E-state index in [4.69, 9.17) is 4.42 Å². The molecule has 162 valence electrons. The van der Waals surface area contributed by atoms with Gasteiger partial charge in [0.05, 0.1) is 15.4 Å². The lowest BCUT2D eigenvalue weighted by Gasteiger charge is -2.42. The largest absolute Gasteiger partial charge is 0.465 e. The average molecular weight is 493 g/mol. The van der Waals surface area contributed by atoms with Crippen LogP contribution in [0.15, 0.2) is 74.5 Å². The average Bonchev–Trinajstić information content (AvgIpc) is 3.17. The van der Waals surface area contributed by atoms with Crippen LogP contribution in [-0.2, 0) is 12.6 Å². The third-order valence-corrected chi connectivity index (χ3v) is 6.85. The van der Waals surface area contributed by atoms with E-state index in [1.165, 1.54) is 0 Å². The fraction of sp³-hybridized carbons (Fsp3) is 0.200. The molecule has 5 rings (SSSR count). The molecular formula is C25H21BrN2O4. The first-order chi connectivity index (χ1) is 15.4. The monoisotopic (exact) mass is 492 g/mol. The summed E-state index contributed by atoms with van der Waals surface area (Å²) in [6.45, 7) is 0. The van der Waals surface area contributed by atoms with Crippen LogP contribution in [0.3, 0.4) is 0 Å². The lowest BCUT2D eigenvalue weighted by atomic mass is 9.72. The number of amides is 1. The van der Waals surface area contributed by atoms with Crippen molar-refractivity contribution in [3.63, 3.8) is 0 Å². The summed E-state index contributed by atoms with van der Waals surface area (Å²) >= 11 is 3.53. The standard InChI is InChI=1S/C25H21BrN2O4/c1-28-14-18(26)22-20(23(28)29)19(15-6-3-2-4-7-15)21(32-22)16-8-10-17(11-9-16)25(12-5-13-25)27-24(30)31/h2-4,6-11,14,27H,5,12-13H2,1H3,(H,30,31). The van der Waals surface area contributed by atoms with E-state index in [2.05, 4.69) is 21.2 Å². The van der Waals surface area contributed by atoms with E-state index in [-0.39, 0.29) is 5.56 Å². The van der Waals surface area contributed by atoms with Gasteiger partial charge in [0.1, 0.15) is 5.76 Å². The van der Waals surface area contributed by atoms with Crippen molar-refractivity contribution in [1.82, 2.24) is 9.88 Å². The van der Waals surface area contributed by atoms with Gasteiger partial charge in [0.25, 0.3) is 5.56 Å². The van der Waals surface area contributed by atoms with Crippen molar-refractivity contribution >= 4 is 33.0 Å². The summed E-state index contributed by atoms with van der Waals surface area (Å²) in [5, 5.41) is 12.5. The molecule has 0 radical (unpaired) electrons. The number of aromatic nitrogens is 1. The zero-order valence-electron chi connectivity index (χ0n) is 17.4. The number of hydrogen-bond acceptors (Lipinski definition) is 3. The first-order valence-corrected chi connectivity index (χ1v) is 11.2. The molecule has 0 bridgehead atoms. The molecular weight excluding hydrogens is 472 g/mol. The number of pyridine rings is 1. The van der Waals surface area contributed by atoms with Crippen molar-refractivity contribution in [3.05, 3.63) is 81.2 Å². The number of furan rings is 1. The van der Waals surface area contributed by atoms with Gasteiger partial charge in [0.15, 0.2) is 5.58 Å². The highest BCUT2D eigenvalue weighted by molar-refractivity contribution is 9.10. The number of nitrogens with one attached hydrogen (secondary N) is 1. The minimum Gasteiger partial charge on any atom is -0.465 e. The van der Waals surface area contributed by atoms with E-state index in [9.17, 15) is 14.7 Å². The van der Waals surface area contributed by atoms with Crippen molar-refractivity contribution < 1.29 is 14.3 Å². The molecule has 2 heterocycles. The number of fused-ring (bicyclic) bond motifs is 1. The molecule has 1 amide bonds. The quantitative estimate of drug-likeness (QED) is 0.372. The van der Waals surface area contributed by atoms with Gasteiger partial charge in [-0.2, -0.15) is 0 Å². The number of aryl methyl sites for hydroxylation is 1. The smallest absolute Gasteiger partial charge is 0.405 e. The van der Waals surface area contributed by atoms with Gasteiger partial charge >= 0.3 is 6.09 Å². The maximum absolute atomic E-state index is 13.1. The summed E-state index contributed by atoms with van der Waals surface area (Å²) in [5.74, 6) is 0.607. The molecule has 32 heavy (non-hydrogen) atoms. The van der Waals surface area contributed by atoms with Crippen LogP contribution in [0.25, 0.3) is 33.4 Å². The number of carboxylic acid groups (broad SMARTS) is 1. The summed E-state index contributed by atoms with van der Waals surface area (Å²) in [5.41, 5.74) is 3.24. The van der Waals surface area contributed by atoms with Gasteiger partial charge < -0.3 is 19.4 Å². The second-order valence-corrected chi connectivity index (χ2v) is 9.07. The molecule has 6 nitrogen and oxygen atoms in total. The molecule has 2 aromatic heterocycles. The van der Waals surface area contributed by atoms with E-state index in [1.807, 2.05) is 54.6 Å². The first kappa shape index (κ1) is 20.6. The molecule has 0 saturated heterocycles. The summed E-state index contributed by atoms with van der Waals surface area (Å²) < 4.78 is 8.51. The summed E-state index contributed by atoms with van der Waals surface area (Å²) in [6.07, 6.45) is 3.23. The van der Waals surface area contributed by atoms with E-state index in [1.54, 1.807) is 17.8 Å². The predicted octanol–water partition coefficient (Wildman–Crippen LogP) is 5.87. The Morgan fingerprint density at radius 2 is 1.78 bits per heavy atom. The Balaban J connectivity index is 1.70. The Morgan fingerprint density at radius 3 is 2.38 bits per heavy atom. The maximum Gasteiger partial charge on any atom is 0.405 e. The molecule has 0 aliphatic heterocycles. The number of benzene rings is 2. The highest BCUT2D eigenvalue weighted by atomic mass is 79.9. The van der Waals surface area contributed by atoms with Crippen molar-refractivity contribution in [3.8, 4) is 22.5 Å². The molecule has 1 aliphatic carbocycles. The van der Waals surface area contributed by atoms with Crippen LogP contribution >= 0.6 is 15.9 Å². The summed E-state index contributed by atoms with van der Waals surface area (Å²) in [4.78, 5) is 24.4. The van der Waals surface area contributed by atoms with Crippen LogP contribution in [0.4, 0.5) is 4.79 Å². The van der Waals surface area contributed by atoms with Crippen molar-refractivity contribution in [1.29, 1.82) is 0 Å². The third-order valence-electron chi connectivity index (χ3n) is 6.28. The third kappa shape index (κ3) is 3.24. The number of nitrogens with zero attached hydrogens (tertiary/aromatic N) is 1.